The van der Waals surface area contributed by atoms with Gasteiger partial charge in [-0.25, -0.2) is 18.1 Å². The first-order valence-electron chi connectivity index (χ1n) is 3.89. The third-order valence-electron chi connectivity index (χ3n) is 1.42. The summed E-state index contributed by atoms with van der Waals surface area (Å²) in [6.45, 7) is 2.31. The topological polar surface area (TPSA) is 59.1 Å². The number of thiazole rings is 1. The number of nitrogens with zero attached hydrogens (tertiary/aromatic N) is 1. The highest BCUT2D eigenvalue weighted by molar-refractivity contribution is 7.88. The van der Waals surface area contributed by atoms with Gasteiger partial charge >= 0.3 is 0 Å². The molecule has 0 fully saturated rings. The van der Waals surface area contributed by atoms with Crippen LogP contribution in [0.2, 0.25) is 0 Å². The Morgan fingerprint density at radius 1 is 1.62 bits per heavy atom. The molecule has 0 aliphatic heterocycles. The van der Waals surface area contributed by atoms with Crippen LogP contribution in [0.3, 0.4) is 0 Å². The first-order chi connectivity index (χ1) is 6.01. The zero-order valence-electron chi connectivity index (χ0n) is 7.57. The summed E-state index contributed by atoms with van der Waals surface area (Å²) in [7, 11) is -3.11. The van der Waals surface area contributed by atoms with Crippen molar-refractivity contribution >= 4 is 21.4 Å². The van der Waals surface area contributed by atoms with Gasteiger partial charge in [-0.05, 0) is 6.42 Å². The first kappa shape index (κ1) is 10.6. The van der Waals surface area contributed by atoms with E-state index in [1.54, 1.807) is 11.3 Å². The molecule has 0 bridgehead atoms. The lowest BCUT2D eigenvalue weighted by Gasteiger charge is -1.97. The highest BCUT2D eigenvalue weighted by Crippen LogP contribution is 2.09. The third kappa shape index (κ3) is 3.84. The zero-order chi connectivity index (χ0) is 9.90. The standard InChI is InChI=1S/C7H12N2O2S2/c1-3-7-9-6(5-12-7)4-8-13(2,10)11/h5,8H,3-4H2,1-2H3. The molecule has 1 aromatic heterocycles. The molecule has 74 valence electrons. The molecule has 6 heteroatoms. The van der Waals surface area contributed by atoms with E-state index in [9.17, 15) is 8.42 Å². The molecule has 0 saturated heterocycles. The van der Waals surface area contributed by atoms with E-state index in [0.717, 1.165) is 23.4 Å². The Bertz CT molecular complexity index is 370. The van der Waals surface area contributed by atoms with Crippen LogP contribution in [0.25, 0.3) is 0 Å². The molecular formula is C7H12N2O2S2. The summed E-state index contributed by atoms with van der Waals surface area (Å²) >= 11 is 1.55. The fourth-order valence-electron chi connectivity index (χ4n) is 0.798. The van der Waals surface area contributed by atoms with E-state index in [4.69, 9.17) is 0 Å². The molecule has 0 amide bonds. The first-order valence-corrected chi connectivity index (χ1v) is 6.66. The zero-order valence-corrected chi connectivity index (χ0v) is 9.20. The molecule has 1 rings (SSSR count). The molecule has 0 radical (unpaired) electrons. The van der Waals surface area contributed by atoms with Gasteiger partial charge in [-0.2, -0.15) is 0 Å². The minimum Gasteiger partial charge on any atom is -0.245 e. The van der Waals surface area contributed by atoms with Crippen molar-refractivity contribution in [1.82, 2.24) is 9.71 Å². The monoisotopic (exact) mass is 220 g/mol. The van der Waals surface area contributed by atoms with Crippen molar-refractivity contribution in [2.75, 3.05) is 6.26 Å². The maximum atomic E-state index is 10.7. The Kier molecular flexibility index (Phi) is 3.40. The van der Waals surface area contributed by atoms with Crippen LogP contribution in [0, 0.1) is 0 Å². The van der Waals surface area contributed by atoms with Gasteiger partial charge in [0, 0.05) is 5.38 Å². The maximum absolute atomic E-state index is 10.7. The lowest BCUT2D eigenvalue weighted by Crippen LogP contribution is -2.21. The van der Waals surface area contributed by atoms with E-state index in [1.165, 1.54) is 0 Å². The number of aryl methyl sites for hydroxylation is 1. The van der Waals surface area contributed by atoms with Gasteiger partial charge in [0.2, 0.25) is 10.0 Å². The second-order valence-corrected chi connectivity index (χ2v) is 5.46. The largest absolute Gasteiger partial charge is 0.245 e. The molecule has 0 unspecified atom stereocenters. The number of nitrogens with one attached hydrogen (secondary N) is 1. The minimum atomic E-state index is -3.11. The van der Waals surface area contributed by atoms with Crippen molar-refractivity contribution in [1.29, 1.82) is 0 Å². The van der Waals surface area contributed by atoms with Crippen molar-refractivity contribution < 1.29 is 8.42 Å². The van der Waals surface area contributed by atoms with Crippen LogP contribution in [0.1, 0.15) is 17.6 Å². The number of hydrogen-bond donors (Lipinski definition) is 1. The predicted octanol–water partition coefficient (Wildman–Crippen LogP) is 0.755. The van der Waals surface area contributed by atoms with Crippen LogP contribution >= 0.6 is 11.3 Å². The molecule has 13 heavy (non-hydrogen) atoms. The van der Waals surface area contributed by atoms with Gasteiger partial charge in [0.05, 0.1) is 23.5 Å². The number of rotatable bonds is 4. The lowest BCUT2D eigenvalue weighted by atomic mass is 10.5. The Morgan fingerprint density at radius 3 is 2.77 bits per heavy atom. The highest BCUT2D eigenvalue weighted by Gasteiger charge is 2.03. The van der Waals surface area contributed by atoms with Crippen LogP contribution in [-0.4, -0.2) is 19.7 Å². The molecule has 1 aromatic rings. The second kappa shape index (κ2) is 4.17. The average molecular weight is 220 g/mol. The molecule has 1 N–H and O–H groups in total. The molecule has 4 nitrogen and oxygen atoms in total. The van der Waals surface area contributed by atoms with E-state index in [-0.39, 0.29) is 6.54 Å². The normalized spacial score (nSPS) is 11.8. The molecular weight excluding hydrogens is 208 g/mol. The van der Waals surface area contributed by atoms with Crippen molar-refractivity contribution in [3.63, 3.8) is 0 Å². The Morgan fingerprint density at radius 2 is 2.31 bits per heavy atom. The smallest absolute Gasteiger partial charge is 0.209 e. The molecule has 0 aliphatic rings. The summed E-state index contributed by atoms with van der Waals surface area (Å²) < 4.78 is 23.9. The molecule has 0 atom stereocenters. The van der Waals surface area contributed by atoms with E-state index in [0.29, 0.717) is 0 Å². The second-order valence-electron chi connectivity index (χ2n) is 2.68. The number of aromatic nitrogens is 1. The van der Waals surface area contributed by atoms with Gasteiger partial charge in [-0.1, -0.05) is 6.92 Å². The van der Waals surface area contributed by atoms with E-state index in [2.05, 4.69) is 9.71 Å². The maximum Gasteiger partial charge on any atom is 0.209 e. The van der Waals surface area contributed by atoms with Crippen molar-refractivity contribution in [3.05, 3.63) is 16.1 Å². The Hall–Kier alpha value is -0.460. The van der Waals surface area contributed by atoms with Gasteiger partial charge in [0.15, 0.2) is 0 Å². The quantitative estimate of drug-likeness (QED) is 0.814. The van der Waals surface area contributed by atoms with Crippen LogP contribution < -0.4 is 4.72 Å². The lowest BCUT2D eigenvalue weighted by molar-refractivity contribution is 0.587. The van der Waals surface area contributed by atoms with Crippen molar-refractivity contribution in [3.8, 4) is 0 Å². The average Bonchev–Trinajstić information content (AvgIpc) is 2.47. The number of sulfonamides is 1. The minimum absolute atomic E-state index is 0.287. The highest BCUT2D eigenvalue weighted by atomic mass is 32.2. The van der Waals surface area contributed by atoms with Gasteiger partial charge in [0.1, 0.15) is 0 Å². The van der Waals surface area contributed by atoms with Crippen molar-refractivity contribution in [2.45, 2.75) is 19.9 Å². The summed E-state index contributed by atoms with van der Waals surface area (Å²) in [6, 6.07) is 0. The van der Waals surface area contributed by atoms with Gasteiger partial charge < -0.3 is 0 Å². The molecule has 0 spiro atoms. The van der Waals surface area contributed by atoms with Crippen molar-refractivity contribution in [2.24, 2.45) is 0 Å². The van der Waals surface area contributed by atoms with E-state index >= 15 is 0 Å². The summed E-state index contributed by atoms with van der Waals surface area (Å²) in [5.41, 5.74) is 0.785. The van der Waals surface area contributed by atoms with Crippen LogP contribution in [0.5, 0.6) is 0 Å². The third-order valence-corrected chi connectivity index (χ3v) is 3.13. The molecule has 0 aromatic carbocycles. The molecule has 1 heterocycles. The van der Waals surface area contributed by atoms with E-state index in [1.807, 2.05) is 12.3 Å². The summed E-state index contributed by atoms with van der Waals surface area (Å²) in [5, 5.41) is 2.90. The van der Waals surface area contributed by atoms with Crippen LogP contribution in [0.4, 0.5) is 0 Å². The van der Waals surface area contributed by atoms with Crippen LogP contribution in [0.15, 0.2) is 5.38 Å². The summed E-state index contributed by atoms with van der Waals surface area (Å²) in [5.74, 6) is 0. The Labute approximate surface area is 82.1 Å². The molecule has 0 aliphatic carbocycles. The fourth-order valence-corrected chi connectivity index (χ4v) is 1.95. The SMILES string of the molecule is CCc1nc(CNS(C)(=O)=O)cs1. The van der Waals surface area contributed by atoms with Gasteiger partial charge in [-0.15, -0.1) is 11.3 Å². The number of hydrogen-bond acceptors (Lipinski definition) is 4. The summed E-state index contributed by atoms with van der Waals surface area (Å²) in [6.07, 6.45) is 2.03. The predicted molar refractivity (Wildman–Crippen MR) is 53.2 cm³/mol. The van der Waals surface area contributed by atoms with E-state index < -0.39 is 10.0 Å². The molecule has 0 saturated carbocycles. The van der Waals surface area contributed by atoms with Crippen LogP contribution in [-0.2, 0) is 23.0 Å². The Balaban J connectivity index is 2.55. The van der Waals surface area contributed by atoms with Gasteiger partial charge in [-0.3, -0.25) is 0 Å². The fraction of sp³-hybridized carbons (Fsp3) is 0.571. The summed E-state index contributed by atoms with van der Waals surface area (Å²) in [4.78, 5) is 4.22. The van der Waals surface area contributed by atoms with Gasteiger partial charge in [0.25, 0.3) is 0 Å².